The van der Waals surface area contributed by atoms with Gasteiger partial charge in [0.25, 0.3) is 6.43 Å². The zero-order chi connectivity index (χ0) is 18.6. The Kier molecular flexibility index (Phi) is 6.58. The number of nitrogens with one attached hydrogen (secondary N) is 2. The van der Waals surface area contributed by atoms with E-state index in [2.05, 4.69) is 10.6 Å². The Morgan fingerprint density at radius 2 is 2.16 bits per heavy atom. The van der Waals surface area contributed by atoms with Crippen LogP contribution < -0.4 is 10.6 Å². The van der Waals surface area contributed by atoms with Crippen LogP contribution in [0.15, 0.2) is 18.2 Å². The smallest absolute Gasteiger partial charge is 0.322 e. The third-order valence-electron chi connectivity index (χ3n) is 4.01. The van der Waals surface area contributed by atoms with E-state index in [1.807, 2.05) is 13.8 Å². The number of urea groups is 1. The first-order valence-corrected chi connectivity index (χ1v) is 8.61. The van der Waals surface area contributed by atoms with Crippen molar-refractivity contribution in [3.05, 3.63) is 28.8 Å². The van der Waals surface area contributed by atoms with E-state index < -0.39 is 18.5 Å². The van der Waals surface area contributed by atoms with Crippen molar-refractivity contribution in [2.45, 2.75) is 39.2 Å². The van der Waals surface area contributed by atoms with Crippen LogP contribution in [0.5, 0.6) is 0 Å². The minimum absolute atomic E-state index is 0.109. The molecule has 1 aliphatic heterocycles. The number of alkyl halides is 2. The molecule has 2 N–H and O–H groups in total. The first-order valence-electron chi connectivity index (χ1n) is 8.23. The molecule has 1 aromatic rings. The molecule has 1 fully saturated rings. The molecule has 1 heterocycles. The largest absolute Gasteiger partial charge is 0.354 e. The van der Waals surface area contributed by atoms with Gasteiger partial charge in [-0.3, -0.25) is 4.79 Å². The highest BCUT2D eigenvalue weighted by atomic mass is 35.5. The average molecular weight is 374 g/mol. The molecule has 1 aliphatic rings. The van der Waals surface area contributed by atoms with E-state index in [1.54, 1.807) is 0 Å². The van der Waals surface area contributed by atoms with E-state index in [0.29, 0.717) is 25.9 Å². The van der Waals surface area contributed by atoms with Crippen molar-refractivity contribution >= 4 is 29.2 Å². The highest BCUT2D eigenvalue weighted by molar-refractivity contribution is 6.34. The third-order valence-corrected chi connectivity index (χ3v) is 4.44. The average Bonchev–Trinajstić information content (AvgIpc) is 2.71. The summed E-state index contributed by atoms with van der Waals surface area (Å²) in [5.74, 6) is 0.0173. The summed E-state index contributed by atoms with van der Waals surface area (Å²) >= 11 is 5.98. The third kappa shape index (κ3) is 4.81. The lowest BCUT2D eigenvalue weighted by Crippen LogP contribution is -2.49. The number of rotatable bonds is 4. The molecule has 8 heteroatoms. The molecule has 0 radical (unpaired) electrons. The van der Waals surface area contributed by atoms with Crippen LogP contribution in [0.4, 0.5) is 19.3 Å². The first-order chi connectivity index (χ1) is 11.8. The van der Waals surface area contributed by atoms with Gasteiger partial charge in [-0.2, -0.15) is 0 Å². The number of amides is 3. The Hall–Kier alpha value is -1.89. The van der Waals surface area contributed by atoms with Crippen LogP contribution in [0.2, 0.25) is 5.02 Å². The van der Waals surface area contributed by atoms with E-state index in [1.165, 1.54) is 23.1 Å². The van der Waals surface area contributed by atoms with Crippen LogP contribution in [0, 0.1) is 5.92 Å². The minimum atomic E-state index is -2.73. The predicted molar refractivity (Wildman–Crippen MR) is 93.0 cm³/mol. The topological polar surface area (TPSA) is 61.4 Å². The van der Waals surface area contributed by atoms with Gasteiger partial charge >= 0.3 is 6.03 Å². The summed E-state index contributed by atoms with van der Waals surface area (Å²) in [5, 5.41) is 5.18. The molecule has 138 valence electrons. The summed E-state index contributed by atoms with van der Waals surface area (Å²) in [6.45, 7) is 4.83. The Labute approximate surface area is 150 Å². The number of anilines is 1. The standard InChI is InChI=1S/C17H22ClF2N3O2/c1-10(2)9-13-16(24)21-7-4-8-23(13)17(25)22-12-6-3-5-11(14(12)18)15(19)20/h3,5-6,10,13,15H,4,7-9H2,1-2H3,(H,21,24)(H,22,25). The van der Waals surface area contributed by atoms with Crippen LogP contribution in [-0.2, 0) is 4.79 Å². The Morgan fingerprint density at radius 1 is 1.44 bits per heavy atom. The summed E-state index contributed by atoms with van der Waals surface area (Å²) < 4.78 is 25.9. The normalized spacial score (nSPS) is 18.3. The van der Waals surface area contributed by atoms with E-state index in [0.717, 1.165) is 0 Å². The van der Waals surface area contributed by atoms with E-state index >= 15 is 0 Å². The van der Waals surface area contributed by atoms with Gasteiger partial charge in [-0.15, -0.1) is 0 Å². The van der Waals surface area contributed by atoms with Gasteiger partial charge in [0.15, 0.2) is 0 Å². The van der Waals surface area contributed by atoms with Crippen molar-refractivity contribution in [3.8, 4) is 0 Å². The fourth-order valence-electron chi connectivity index (χ4n) is 2.80. The van der Waals surface area contributed by atoms with Crippen LogP contribution in [-0.4, -0.2) is 36.0 Å². The van der Waals surface area contributed by atoms with Crippen molar-refractivity contribution in [1.82, 2.24) is 10.2 Å². The maximum Gasteiger partial charge on any atom is 0.322 e. The van der Waals surface area contributed by atoms with Crippen molar-refractivity contribution in [2.75, 3.05) is 18.4 Å². The summed E-state index contributed by atoms with van der Waals surface area (Å²) in [6, 6.07) is 2.96. The molecule has 5 nitrogen and oxygen atoms in total. The maximum atomic E-state index is 12.9. The van der Waals surface area contributed by atoms with Crippen molar-refractivity contribution in [1.29, 1.82) is 0 Å². The zero-order valence-electron chi connectivity index (χ0n) is 14.2. The molecule has 0 bridgehead atoms. The molecule has 1 unspecified atom stereocenters. The summed E-state index contributed by atoms with van der Waals surface area (Å²) in [6.07, 6.45) is -1.59. The molecule has 1 aromatic carbocycles. The van der Waals surface area contributed by atoms with Crippen LogP contribution in [0.3, 0.4) is 0 Å². The lowest BCUT2D eigenvalue weighted by molar-refractivity contribution is -0.125. The molecule has 1 saturated heterocycles. The molecule has 0 spiro atoms. The lowest BCUT2D eigenvalue weighted by Gasteiger charge is -2.30. The molecule has 2 rings (SSSR count). The second kappa shape index (κ2) is 8.47. The van der Waals surface area contributed by atoms with Crippen molar-refractivity contribution in [2.24, 2.45) is 5.92 Å². The van der Waals surface area contributed by atoms with Gasteiger partial charge in [0, 0.05) is 18.7 Å². The predicted octanol–water partition coefficient (Wildman–Crippen LogP) is 4.05. The number of nitrogens with zero attached hydrogens (tertiary/aromatic N) is 1. The van der Waals surface area contributed by atoms with Gasteiger partial charge in [-0.1, -0.05) is 37.6 Å². The second-order valence-electron chi connectivity index (χ2n) is 6.42. The number of hydrogen-bond donors (Lipinski definition) is 2. The summed E-state index contributed by atoms with van der Waals surface area (Å²) in [7, 11) is 0. The highest BCUT2D eigenvalue weighted by Crippen LogP contribution is 2.33. The van der Waals surface area contributed by atoms with Crippen LogP contribution in [0.25, 0.3) is 0 Å². The molecule has 0 aliphatic carbocycles. The van der Waals surface area contributed by atoms with Gasteiger partial charge < -0.3 is 15.5 Å². The van der Waals surface area contributed by atoms with E-state index in [9.17, 15) is 18.4 Å². The molecule has 25 heavy (non-hydrogen) atoms. The van der Waals surface area contributed by atoms with Crippen molar-refractivity contribution < 1.29 is 18.4 Å². The highest BCUT2D eigenvalue weighted by Gasteiger charge is 2.32. The monoisotopic (exact) mass is 373 g/mol. The summed E-state index contributed by atoms with van der Waals surface area (Å²) in [5.41, 5.74) is -0.232. The fourth-order valence-corrected chi connectivity index (χ4v) is 3.06. The molecule has 1 atom stereocenters. The van der Waals surface area contributed by atoms with Gasteiger partial charge in [-0.05, 0) is 24.8 Å². The van der Waals surface area contributed by atoms with E-state index in [-0.39, 0.29) is 28.1 Å². The molecule has 3 amide bonds. The molecular weight excluding hydrogens is 352 g/mol. The number of hydrogen-bond acceptors (Lipinski definition) is 2. The molecular formula is C17H22ClF2N3O2. The quantitative estimate of drug-likeness (QED) is 0.836. The SMILES string of the molecule is CC(C)CC1C(=O)NCCCN1C(=O)Nc1cccc(C(F)F)c1Cl. The first kappa shape index (κ1) is 19.4. The Morgan fingerprint density at radius 3 is 2.80 bits per heavy atom. The van der Waals surface area contributed by atoms with E-state index in [4.69, 9.17) is 11.6 Å². The number of carbonyl (C=O) groups excluding carboxylic acids is 2. The minimum Gasteiger partial charge on any atom is -0.354 e. The molecule has 0 aromatic heterocycles. The fraction of sp³-hybridized carbons (Fsp3) is 0.529. The number of carbonyl (C=O) groups is 2. The number of benzene rings is 1. The van der Waals surface area contributed by atoms with Gasteiger partial charge in [-0.25, -0.2) is 13.6 Å². The maximum absolute atomic E-state index is 12.9. The molecule has 0 saturated carbocycles. The number of halogens is 3. The summed E-state index contributed by atoms with van der Waals surface area (Å²) in [4.78, 5) is 26.4. The Bertz CT molecular complexity index is 640. The second-order valence-corrected chi connectivity index (χ2v) is 6.80. The van der Waals surface area contributed by atoms with Gasteiger partial charge in [0.1, 0.15) is 6.04 Å². The van der Waals surface area contributed by atoms with Crippen LogP contribution >= 0.6 is 11.6 Å². The zero-order valence-corrected chi connectivity index (χ0v) is 14.9. The van der Waals surface area contributed by atoms with Crippen LogP contribution in [0.1, 0.15) is 38.7 Å². The lowest BCUT2D eigenvalue weighted by atomic mass is 10.0. The Balaban J connectivity index is 2.22. The van der Waals surface area contributed by atoms with Gasteiger partial charge in [0.05, 0.1) is 10.7 Å². The van der Waals surface area contributed by atoms with Crippen molar-refractivity contribution in [3.63, 3.8) is 0 Å². The van der Waals surface area contributed by atoms with Gasteiger partial charge in [0.2, 0.25) is 5.91 Å².